The summed E-state index contributed by atoms with van der Waals surface area (Å²) in [5.74, 6) is 0.316. The Bertz CT molecular complexity index is 786. The highest BCUT2D eigenvalue weighted by molar-refractivity contribution is 5.92. The fourth-order valence-corrected chi connectivity index (χ4v) is 3.14. The number of carboxylic acids is 1. The minimum absolute atomic E-state index is 0.0425. The number of hydrogen-bond acceptors (Lipinski definition) is 6. The summed E-state index contributed by atoms with van der Waals surface area (Å²) < 4.78 is 10.6. The fraction of sp³-hybridized carbons (Fsp3) is 0.450. The SMILES string of the molecule is O=C(O)CCCNC(=O)CN1CCN(C(=O)/C=C/c2ccc3c(c2)OCO3)CC1. The van der Waals surface area contributed by atoms with Crippen LogP contribution in [0.15, 0.2) is 24.3 Å². The van der Waals surface area contributed by atoms with Crippen LogP contribution in [0, 0.1) is 0 Å². The Morgan fingerprint density at radius 2 is 1.86 bits per heavy atom. The van der Waals surface area contributed by atoms with Gasteiger partial charge in [-0.2, -0.15) is 0 Å². The molecule has 0 spiro atoms. The molecule has 0 aliphatic carbocycles. The quantitative estimate of drug-likeness (QED) is 0.482. The Labute approximate surface area is 168 Å². The molecule has 2 N–H and O–H groups in total. The van der Waals surface area contributed by atoms with E-state index in [4.69, 9.17) is 14.6 Å². The van der Waals surface area contributed by atoms with Crippen LogP contribution in [0.4, 0.5) is 0 Å². The van der Waals surface area contributed by atoms with Gasteiger partial charge in [-0.05, 0) is 30.2 Å². The third-order valence-electron chi connectivity index (χ3n) is 4.76. The maximum Gasteiger partial charge on any atom is 0.303 e. The predicted molar refractivity (Wildman–Crippen MR) is 104 cm³/mol. The van der Waals surface area contributed by atoms with Crippen molar-refractivity contribution < 1.29 is 29.0 Å². The van der Waals surface area contributed by atoms with Crippen molar-refractivity contribution in [3.05, 3.63) is 29.8 Å². The number of amides is 2. The lowest BCUT2D eigenvalue weighted by atomic mass is 10.2. The molecule has 1 saturated heterocycles. The van der Waals surface area contributed by atoms with Crippen LogP contribution < -0.4 is 14.8 Å². The monoisotopic (exact) mass is 403 g/mol. The first-order valence-corrected chi connectivity index (χ1v) is 9.59. The van der Waals surface area contributed by atoms with Crippen LogP contribution in [0.5, 0.6) is 11.5 Å². The van der Waals surface area contributed by atoms with Crippen molar-refractivity contribution in [1.29, 1.82) is 0 Å². The number of carbonyl (C=O) groups is 3. The lowest BCUT2D eigenvalue weighted by Gasteiger charge is -2.33. The first kappa shape index (κ1) is 20.7. The molecule has 0 radical (unpaired) electrons. The first-order chi connectivity index (χ1) is 14.0. The number of nitrogens with one attached hydrogen (secondary N) is 1. The number of fused-ring (bicyclic) bond motifs is 1. The largest absolute Gasteiger partial charge is 0.481 e. The van der Waals surface area contributed by atoms with Gasteiger partial charge in [-0.1, -0.05) is 6.07 Å². The predicted octanol–water partition coefficient (Wildman–Crippen LogP) is 0.554. The Balaban J connectivity index is 1.38. The summed E-state index contributed by atoms with van der Waals surface area (Å²) in [7, 11) is 0. The maximum atomic E-state index is 12.4. The van der Waals surface area contributed by atoms with Gasteiger partial charge >= 0.3 is 5.97 Å². The molecule has 2 amide bonds. The molecule has 0 saturated carbocycles. The van der Waals surface area contributed by atoms with Crippen LogP contribution in [-0.2, 0) is 14.4 Å². The van der Waals surface area contributed by atoms with Crippen LogP contribution in [0.25, 0.3) is 6.08 Å². The minimum Gasteiger partial charge on any atom is -0.481 e. The van der Waals surface area contributed by atoms with Crippen molar-refractivity contribution in [2.45, 2.75) is 12.8 Å². The molecule has 29 heavy (non-hydrogen) atoms. The molecule has 3 rings (SSSR count). The normalized spacial score (nSPS) is 16.2. The smallest absolute Gasteiger partial charge is 0.303 e. The lowest BCUT2D eigenvalue weighted by molar-refractivity contribution is -0.137. The van der Waals surface area contributed by atoms with Crippen LogP contribution in [0.3, 0.4) is 0 Å². The highest BCUT2D eigenvalue weighted by Crippen LogP contribution is 2.32. The zero-order chi connectivity index (χ0) is 20.6. The summed E-state index contributed by atoms with van der Waals surface area (Å²) in [6.45, 7) is 3.16. The van der Waals surface area contributed by atoms with Gasteiger partial charge in [0.1, 0.15) is 0 Å². The van der Waals surface area contributed by atoms with Crippen molar-refractivity contribution in [2.75, 3.05) is 46.1 Å². The first-order valence-electron chi connectivity index (χ1n) is 9.59. The molecule has 1 fully saturated rings. The molecule has 9 heteroatoms. The summed E-state index contributed by atoms with van der Waals surface area (Å²) in [6, 6.07) is 5.52. The average molecular weight is 403 g/mol. The average Bonchev–Trinajstić information content (AvgIpc) is 3.18. The van der Waals surface area contributed by atoms with Gasteiger partial charge in [-0.15, -0.1) is 0 Å². The van der Waals surface area contributed by atoms with Crippen molar-refractivity contribution in [1.82, 2.24) is 15.1 Å². The molecular formula is C20H25N3O6. The van der Waals surface area contributed by atoms with Gasteiger partial charge < -0.3 is 24.8 Å². The van der Waals surface area contributed by atoms with Crippen LogP contribution in [-0.4, -0.2) is 78.8 Å². The summed E-state index contributed by atoms with van der Waals surface area (Å²) in [5, 5.41) is 11.3. The number of rotatable bonds is 8. The van der Waals surface area contributed by atoms with Crippen molar-refractivity contribution in [2.24, 2.45) is 0 Å². The number of aliphatic carboxylic acids is 1. The van der Waals surface area contributed by atoms with Crippen LogP contribution in [0.1, 0.15) is 18.4 Å². The van der Waals surface area contributed by atoms with E-state index in [0.717, 1.165) is 5.56 Å². The molecule has 2 aliphatic heterocycles. The molecule has 1 aromatic carbocycles. The van der Waals surface area contributed by atoms with Crippen molar-refractivity contribution >= 4 is 23.9 Å². The van der Waals surface area contributed by atoms with E-state index in [1.807, 2.05) is 23.1 Å². The fourth-order valence-electron chi connectivity index (χ4n) is 3.14. The Kier molecular flexibility index (Phi) is 7.07. The van der Waals surface area contributed by atoms with Gasteiger partial charge in [-0.25, -0.2) is 0 Å². The van der Waals surface area contributed by atoms with Crippen molar-refractivity contribution in [3.8, 4) is 11.5 Å². The van der Waals surface area contributed by atoms with E-state index in [-0.39, 0.29) is 31.6 Å². The molecule has 0 atom stereocenters. The summed E-state index contributed by atoms with van der Waals surface area (Å²) >= 11 is 0. The molecule has 0 unspecified atom stereocenters. The molecule has 2 aliphatic rings. The second-order valence-electron chi connectivity index (χ2n) is 6.89. The van der Waals surface area contributed by atoms with E-state index in [0.29, 0.717) is 50.6 Å². The maximum absolute atomic E-state index is 12.4. The van der Waals surface area contributed by atoms with E-state index in [9.17, 15) is 14.4 Å². The topological polar surface area (TPSA) is 108 Å². The van der Waals surface area contributed by atoms with E-state index in [2.05, 4.69) is 5.32 Å². The van der Waals surface area contributed by atoms with Gasteiger partial charge in [0.25, 0.3) is 0 Å². The summed E-state index contributed by atoms with van der Waals surface area (Å²) in [6.07, 6.45) is 3.75. The number of nitrogens with zero attached hydrogens (tertiary/aromatic N) is 2. The van der Waals surface area contributed by atoms with E-state index in [1.54, 1.807) is 17.1 Å². The molecule has 9 nitrogen and oxygen atoms in total. The second-order valence-corrected chi connectivity index (χ2v) is 6.89. The second kappa shape index (κ2) is 9.92. The third kappa shape index (κ3) is 6.21. The lowest BCUT2D eigenvalue weighted by Crippen LogP contribution is -2.50. The zero-order valence-electron chi connectivity index (χ0n) is 16.1. The number of benzene rings is 1. The highest BCUT2D eigenvalue weighted by atomic mass is 16.7. The van der Waals surface area contributed by atoms with Gasteiger partial charge in [0.2, 0.25) is 18.6 Å². The zero-order valence-corrected chi connectivity index (χ0v) is 16.1. The van der Waals surface area contributed by atoms with Gasteiger partial charge in [0.05, 0.1) is 6.54 Å². The number of ether oxygens (including phenoxy) is 2. The summed E-state index contributed by atoms with van der Waals surface area (Å²) in [4.78, 5) is 38.5. The molecule has 1 aromatic rings. The molecule has 156 valence electrons. The number of carboxylic acid groups (broad SMARTS) is 1. The van der Waals surface area contributed by atoms with Crippen LogP contribution >= 0.6 is 0 Å². The molecule has 2 heterocycles. The minimum atomic E-state index is -0.868. The third-order valence-corrected chi connectivity index (χ3v) is 4.76. The van der Waals surface area contributed by atoms with Gasteiger partial charge in [-0.3, -0.25) is 19.3 Å². The molecule has 0 bridgehead atoms. The van der Waals surface area contributed by atoms with Crippen LogP contribution in [0.2, 0.25) is 0 Å². The Morgan fingerprint density at radius 1 is 1.10 bits per heavy atom. The van der Waals surface area contributed by atoms with E-state index in [1.165, 1.54) is 0 Å². The number of hydrogen-bond donors (Lipinski definition) is 2. The Morgan fingerprint density at radius 3 is 2.62 bits per heavy atom. The van der Waals surface area contributed by atoms with Gasteiger partial charge in [0, 0.05) is 45.2 Å². The molecular weight excluding hydrogens is 378 g/mol. The molecule has 0 aromatic heterocycles. The van der Waals surface area contributed by atoms with Gasteiger partial charge in [0.15, 0.2) is 11.5 Å². The van der Waals surface area contributed by atoms with E-state index < -0.39 is 5.97 Å². The van der Waals surface area contributed by atoms with Crippen molar-refractivity contribution in [3.63, 3.8) is 0 Å². The number of piperazine rings is 1. The number of carbonyl (C=O) groups excluding carboxylic acids is 2. The standard InChI is InChI=1S/C20H25N3O6/c24-18(21-7-1-2-20(26)27)13-22-8-10-23(11-9-22)19(25)6-4-15-3-5-16-17(12-15)29-14-28-16/h3-6,12H,1-2,7-11,13-14H2,(H,21,24)(H,26,27)/b6-4+. The van der Waals surface area contributed by atoms with E-state index >= 15 is 0 Å². The Hall–Kier alpha value is -3.07. The summed E-state index contributed by atoms with van der Waals surface area (Å²) in [5.41, 5.74) is 0.862. The highest BCUT2D eigenvalue weighted by Gasteiger charge is 2.21.